The minimum Gasteiger partial charge on any atom is -0.444 e. The van der Waals surface area contributed by atoms with E-state index in [1.165, 1.54) is 4.90 Å². The number of likely N-dealkylation sites (tertiary alicyclic amines) is 1. The maximum Gasteiger partial charge on any atom is 0.410 e. The van der Waals surface area contributed by atoms with Crippen LogP contribution in [0.25, 0.3) is 0 Å². The van der Waals surface area contributed by atoms with Gasteiger partial charge in [0.15, 0.2) is 5.78 Å². The minimum atomic E-state index is -0.524. The summed E-state index contributed by atoms with van der Waals surface area (Å²) in [5, 5.41) is 13.1. The fourth-order valence-corrected chi connectivity index (χ4v) is 4.17. The molecular formula is C18H29N3O7. The van der Waals surface area contributed by atoms with Crippen LogP contribution in [0.5, 0.6) is 0 Å². The summed E-state index contributed by atoms with van der Waals surface area (Å²) in [6, 6.07) is -1.16. The number of carbonyl (C=O) groups excluding carboxylic acids is 3. The van der Waals surface area contributed by atoms with E-state index in [0.717, 1.165) is 17.9 Å². The first kappa shape index (κ1) is 20.8. The summed E-state index contributed by atoms with van der Waals surface area (Å²) in [7, 11) is 0. The number of carbonyl (C=O) groups is 3. The molecule has 28 heavy (non-hydrogen) atoms. The van der Waals surface area contributed by atoms with Crippen molar-refractivity contribution >= 4 is 17.9 Å². The Bertz CT molecular complexity index is 613. The molecule has 10 nitrogen and oxygen atoms in total. The number of ether oxygens (including phenoxy) is 1. The van der Waals surface area contributed by atoms with E-state index >= 15 is 0 Å². The summed E-state index contributed by atoms with van der Waals surface area (Å²) in [5.41, 5.74) is -0.524. The predicted octanol–water partition coefficient (Wildman–Crippen LogP) is 2.20. The highest BCUT2D eigenvalue weighted by Crippen LogP contribution is 2.32. The van der Waals surface area contributed by atoms with E-state index in [4.69, 9.17) is 9.99 Å². The summed E-state index contributed by atoms with van der Waals surface area (Å²) < 4.78 is 5.40. The van der Waals surface area contributed by atoms with Crippen LogP contribution < -0.4 is 0 Å². The first-order valence-electron chi connectivity index (χ1n) is 9.78. The van der Waals surface area contributed by atoms with E-state index in [-0.39, 0.29) is 23.8 Å². The molecule has 0 aromatic rings. The molecule has 0 aromatic heterocycles. The second kappa shape index (κ2) is 8.22. The van der Waals surface area contributed by atoms with Crippen molar-refractivity contribution in [1.29, 1.82) is 0 Å². The van der Waals surface area contributed by atoms with Crippen molar-refractivity contribution in [3.05, 3.63) is 0 Å². The molecule has 3 aliphatic rings. The van der Waals surface area contributed by atoms with Crippen molar-refractivity contribution in [2.45, 2.75) is 70.6 Å². The maximum atomic E-state index is 12.8. The summed E-state index contributed by atoms with van der Waals surface area (Å²) in [6.45, 7) is 7.03. The van der Waals surface area contributed by atoms with E-state index < -0.39 is 17.7 Å². The van der Waals surface area contributed by atoms with Crippen molar-refractivity contribution in [1.82, 2.24) is 14.9 Å². The molecule has 3 aliphatic heterocycles. The van der Waals surface area contributed by atoms with Gasteiger partial charge in [0.05, 0.1) is 12.1 Å². The number of hydrogen-bond donors (Lipinski definition) is 1. The van der Waals surface area contributed by atoms with Gasteiger partial charge in [0.1, 0.15) is 5.60 Å². The smallest absolute Gasteiger partial charge is 0.410 e. The molecule has 3 rings (SSSR count). The molecule has 3 amide bonds. The fourth-order valence-electron chi connectivity index (χ4n) is 4.17. The van der Waals surface area contributed by atoms with Gasteiger partial charge in [-0.2, -0.15) is 5.06 Å². The quantitative estimate of drug-likeness (QED) is 0.557. The van der Waals surface area contributed by atoms with Crippen LogP contribution in [0, 0.1) is 5.92 Å². The summed E-state index contributed by atoms with van der Waals surface area (Å²) in [4.78, 5) is 45.0. The zero-order chi connectivity index (χ0) is 20.5. The van der Waals surface area contributed by atoms with Crippen molar-refractivity contribution in [2.75, 3.05) is 19.6 Å². The SMILES string of the molecule is CC(C)(C)OC(=O)N1CCC(CC(=O)[C@@H]2CC[C@@H]3CN2C(=O)N3OOO)CC1. The standard InChI is InChI=1S/C18H29N3O7/c1-18(2,3)26-17(24)19-8-6-12(7-9-19)10-15(22)14-5-4-13-11-20(14)16(23)21(13)27-28-25/h12-14,25H,4-11H2,1-3H3/t13-,14+/m1/s1. The maximum absolute atomic E-state index is 12.8. The molecule has 1 N–H and O–H groups in total. The monoisotopic (exact) mass is 399 g/mol. The topological polar surface area (TPSA) is 109 Å². The molecule has 10 heteroatoms. The van der Waals surface area contributed by atoms with E-state index in [2.05, 4.69) is 10.0 Å². The Hall–Kier alpha value is -1.91. The molecular weight excluding hydrogens is 370 g/mol. The number of piperidine rings is 2. The molecule has 0 aromatic carbocycles. The van der Waals surface area contributed by atoms with Crippen molar-refractivity contribution in [2.24, 2.45) is 5.92 Å². The lowest BCUT2D eigenvalue weighted by Gasteiger charge is -2.34. The van der Waals surface area contributed by atoms with Crippen LogP contribution >= 0.6 is 0 Å². The molecule has 0 radical (unpaired) electrons. The number of hydrogen-bond acceptors (Lipinski definition) is 7. The van der Waals surface area contributed by atoms with Crippen LogP contribution in [-0.2, 0) is 19.6 Å². The Morgan fingerprint density at radius 1 is 1.14 bits per heavy atom. The van der Waals surface area contributed by atoms with Gasteiger partial charge in [0, 0.05) is 26.1 Å². The molecule has 0 spiro atoms. The number of fused-ring (bicyclic) bond motifs is 2. The van der Waals surface area contributed by atoms with Gasteiger partial charge in [-0.1, -0.05) is 4.99 Å². The van der Waals surface area contributed by atoms with Crippen LogP contribution in [-0.4, -0.2) is 75.3 Å². The van der Waals surface area contributed by atoms with Gasteiger partial charge in [-0.3, -0.25) is 4.79 Å². The zero-order valence-electron chi connectivity index (χ0n) is 16.6. The number of hydroxylamine groups is 2. The molecule has 2 bridgehead atoms. The van der Waals surface area contributed by atoms with Gasteiger partial charge in [-0.15, -0.1) is 0 Å². The van der Waals surface area contributed by atoms with Gasteiger partial charge in [0.25, 0.3) is 0 Å². The Morgan fingerprint density at radius 3 is 2.43 bits per heavy atom. The number of amides is 3. The van der Waals surface area contributed by atoms with Crippen molar-refractivity contribution in [3.8, 4) is 0 Å². The fraction of sp³-hybridized carbons (Fsp3) is 0.833. The predicted molar refractivity (Wildman–Crippen MR) is 95.7 cm³/mol. The highest BCUT2D eigenvalue weighted by Gasteiger charge is 2.48. The van der Waals surface area contributed by atoms with Crippen LogP contribution in [0.3, 0.4) is 0 Å². The van der Waals surface area contributed by atoms with Gasteiger partial charge in [-0.25, -0.2) is 14.8 Å². The molecule has 3 fully saturated rings. The van der Waals surface area contributed by atoms with E-state index in [9.17, 15) is 14.4 Å². The Labute approximate surface area is 164 Å². The molecule has 0 aliphatic carbocycles. The third kappa shape index (κ3) is 4.56. The first-order chi connectivity index (χ1) is 13.2. The van der Waals surface area contributed by atoms with Crippen LogP contribution in [0.1, 0.15) is 52.9 Å². The van der Waals surface area contributed by atoms with Crippen molar-refractivity contribution in [3.63, 3.8) is 0 Å². The van der Waals surface area contributed by atoms with Crippen LogP contribution in [0.4, 0.5) is 9.59 Å². The number of Topliss-reactive ketones (excluding diaryl/α,β-unsaturated/α-hetero) is 1. The van der Waals surface area contributed by atoms with E-state index in [0.29, 0.717) is 38.9 Å². The molecule has 158 valence electrons. The van der Waals surface area contributed by atoms with Gasteiger partial charge in [0.2, 0.25) is 0 Å². The van der Waals surface area contributed by atoms with Crippen LogP contribution in [0.15, 0.2) is 0 Å². The summed E-state index contributed by atoms with van der Waals surface area (Å²) in [5.74, 6) is 0.226. The highest BCUT2D eigenvalue weighted by molar-refractivity contribution is 5.90. The lowest BCUT2D eigenvalue weighted by atomic mass is 9.87. The van der Waals surface area contributed by atoms with Crippen LogP contribution in [0.2, 0.25) is 0 Å². The lowest BCUT2D eigenvalue weighted by molar-refractivity contribution is -0.556. The molecule has 3 saturated heterocycles. The van der Waals surface area contributed by atoms with E-state index in [1.54, 1.807) is 4.90 Å². The highest BCUT2D eigenvalue weighted by atomic mass is 17.5. The van der Waals surface area contributed by atoms with Gasteiger partial charge < -0.3 is 14.5 Å². The largest absolute Gasteiger partial charge is 0.444 e. The molecule has 0 saturated carbocycles. The number of nitrogens with zero attached hydrogens (tertiary/aromatic N) is 3. The molecule has 0 unspecified atom stereocenters. The van der Waals surface area contributed by atoms with Crippen molar-refractivity contribution < 1.29 is 34.4 Å². The zero-order valence-corrected chi connectivity index (χ0v) is 16.6. The third-order valence-corrected chi connectivity index (χ3v) is 5.56. The number of ketones is 1. The number of rotatable bonds is 5. The lowest BCUT2D eigenvalue weighted by Crippen LogP contribution is -2.46. The van der Waals surface area contributed by atoms with E-state index in [1.807, 2.05) is 20.8 Å². The number of urea groups is 1. The molecule has 2 atom stereocenters. The Kier molecular flexibility index (Phi) is 6.11. The third-order valence-electron chi connectivity index (χ3n) is 5.56. The average Bonchev–Trinajstić information content (AvgIpc) is 2.86. The average molecular weight is 399 g/mol. The molecule has 3 heterocycles. The second-order valence-corrected chi connectivity index (χ2v) is 8.74. The minimum absolute atomic E-state index is 0.0364. The second-order valence-electron chi connectivity index (χ2n) is 8.74. The van der Waals surface area contributed by atoms with Gasteiger partial charge >= 0.3 is 12.1 Å². The Morgan fingerprint density at radius 2 is 1.82 bits per heavy atom. The summed E-state index contributed by atoms with van der Waals surface area (Å²) in [6.07, 6.45) is 2.73. The van der Waals surface area contributed by atoms with Gasteiger partial charge in [-0.05, 0) is 57.4 Å². The normalized spacial score (nSPS) is 26.0. The Balaban J connectivity index is 1.49. The first-order valence-corrected chi connectivity index (χ1v) is 9.78. The summed E-state index contributed by atoms with van der Waals surface area (Å²) >= 11 is 0.